The lowest BCUT2D eigenvalue weighted by molar-refractivity contribution is -0.137. The molecule has 0 atom stereocenters. The van der Waals surface area contributed by atoms with E-state index in [1.807, 2.05) is 4.72 Å². The fraction of sp³-hybridized carbons (Fsp3) is 0.0714. The van der Waals surface area contributed by atoms with E-state index in [4.69, 9.17) is 39.9 Å². The van der Waals surface area contributed by atoms with Gasteiger partial charge in [0.25, 0.3) is 10.0 Å². The molecule has 5 nitrogen and oxygen atoms in total. The van der Waals surface area contributed by atoms with Gasteiger partial charge in [0.15, 0.2) is 0 Å². The molecule has 0 saturated heterocycles. The van der Waals surface area contributed by atoms with E-state index >= 15 is 0 Å². The molecule has 0 aliphatic rings. The van der Waals surface area contributed by atoms with Crippen molar-refractivity contribution in [2.45, 2.75) is 11.1 Å². The van der Waals surface area contributed by atoms with Crippen LogP contribution in [-0.2, 0) is 16.2 Å². The van der Waals surface area contributed by atoms with Crippen molar-refractivity contribution in [3.05, 3.63) is 56.5 Å². The van der Waals surface area contributed by atoms with Crippen LogP contribution >= 0.6 is 34.8 Å². The SMILES string of the molecule is O=C(O)c1cc(NS(=O)(=O)c2ccc(Cl)c(C(F)(F)F)c2)c(Cl)cc1Cl. The van der Waals surface area contributed by atoms with Crippen LogP contribution in [0.25, 0.3) is 0 Å². The van der Waals surface area contributed by atoms with Crippen molar-refractivity contribution in [2.75, 3.05) is 4.72 Å². The van der Waals surface area contributed by atoms with Gasteiger partial charge in [0.1, 0.15) is 0 Å². The van der Waals surface area contributed by atoms with Crippen molar-refractivity contribution in [1.82, 2.24) is 0 Å². The lowest BCUT2D eigenvalue weighted by atomic mass is 10.2. The summed E-state index contributed by atoms with van der Waals surface area (Å²) in [6.07, 6.45) is -4.86. The summed E-state index contributed by atoms with van der Waals surface area (Å²) in [6.45, 7) is 0. The number of carboxylic acids is 1. The van der Waals surface area contributed by atoms with Gasteiger partial charge < -0.3 is 5.11 Å². The Morgan fingerprint density at radius 2 is 1.62 bits per heavy atom. The first kappa shape index (κ1) is 20.6. The van der Waals surface area contributed by atoms with Gasteiger partial charge in [-0.05, 0) is 30.3 Å². The zero-order chi connectivity index (χ0) is 19.9. The quantitative estimate of drug-likeness (QED) is 0.676. The van der Waals surface area contributed by atoms with Crippen molar-refractivity contribution in [3.63, 3.8) is 0 Å². The molecule has 140 valence electrons. The topological polar surface area (TPSA) is 83.5 Å². The minimum Gasteiger partial charge on any atom is -0.478 e. The molecule has 0 heterocycles. The van der Waals surface area contributed by atoms with Crippen molar-refractivity contribution in [3.8, 4) is 0 Å². The third kappa shape index (κ3) is 4.35. The van der Waals surface area contributed by atoms with Crippen molar-refractivity contribution in [2.24, 2.45) is 0 Å². The van der Waals surface area contributed by atoms with Gasteiger partial charge in [0, 0.05) is 0 Å². The van der Waals surface area contributed by atoms with Gasteiger partial charge in [-0.2, -0.15) is 13.2 Å². The zero-order valence-corrected chi connectivity index (χ0v) is 15.3. The first-order valence-corrected chi connectivity index (χ1v) is 9.06. The number of hydrogen-bond acceptors (Lipinski definition) is 3. The Morgan fingerprint density at radius 1 is 1.00 bits per heavy atom. The highest BCUT2D eigenvalue weighted by molar-refractivity contribution is 7.92. The lowest BCUT2D eigenvalue weighted by Crippen LogP contribution is -2.15. The number of halogens is 6. The average Bonchev–Trinajstić information content (AvgIpc) is 2.48. The highest BCUT2D eigenvalue weighted by atomic mass is 35.5. The Morgan fingerprint density at radius 3 is 2.15 bits per heavy atom. The van der Waals surface area contributed by atoms with Crippen LogP contribution in [0.4, 0.5) is 18.9 Å². The molecule has 2 aromatic rings. The van der Waals surface area contributed by atoms with E-state index in [2.05, 4.69) is 0 Å². The van der Waals surface area contributed by atoms with Crippen LogP contribution in [0.2, 0.25) is 15.1 Å². The van der Waals surface area contributed by atoms with Gasteiger partial charge in [-0.25, -0.2) is 13.2 Å². The second kappa shape index (κ2) is 7.15. The number of nitrogens with one attached hydrogen (secondary N) is 1. The summed E-state index contributed by atoms with van der Waals surface area (Å²) in [7, 11) is -4.52. The molecule has 26 heavy (non-hydrogen) atoms. The largest absolute Gasteiger partial charge is 0.478 e. The Hall–Kier alpha value is -1.68. The number of rotatable bonds is 4. The smallest absolute Gasteiger partial charge is 0.417 e. The Kier molecular flexibility index (Phi) is 5.67. The predicted molar refractivity (Wildman–Crippen MR) is 90.7 cm³/mol. The van der Waals surface area contributed by atoms with Crippen molar-refractivity contribution < 1.29 is 31.5 Å². The van der Waals surface area contributed by atoms with E-state index in [9.17, 15) is 26.4 Å². The Bertz CT molecular complexity index is 994. The van der Waals surface area contributed by atoms with Gasteiger partial charge in [-0.1, -0.05) is 34.8 Å². The average molecular weight is 449 g/mol. The number of carbonyl (C=O) groups is 1. The Labute approximate surface area is 160 Å². The van der Waals surface area contributed by atoms with E-state index in [-0.39, 0.29) is 15.7 Å². The van der Waals surface area contributed by atoms with Crippen LogP contribution in [0.3, 0.4) is 0 Å². The summed E-state index contributed by atoms with van der Waals surface area (Å²) in [5, 5.41) is 7.85. The van der Waals surface area contributed by atoms with E-state index in [0.29, 0.717) is 6.07 Å². The molecule has 0 aliphatic carbocycles. The maximum Gasteiger partial charge on any atom is 0.417 e. The molecule has 0 amide bonds. The summed E-state index contributed by atoms with van der Waals surface area (Å²) in [6, 6.07) is 3.85. The number of hydrogen-bond donors (Lipinski definition) is 2. The summed E-state index contributed by atoms with van der Waals surface area (Å²) >= 11 is 17.0. The van der Waals surface area contributed by atoms with Crippen LogP contribution in [-0.4, -0.2) is 19.5 Å². The number of anilines is 1. The maximum absolute atomic E-state index is 12.9. The Balaban J connectivity index is 2.51. The lowest BCUT2D eigenvalue weighted by Gasteiger charge is -2.14. The normalized spacial score (nSPS) is 12.1. The summed E-state index contributed by atoms with van der Waals surface area (Å²) in [4.78, 5) is 10.3. The van der Waals surface area contributed by atoms with Gasteiger partial charge in [-0.15, -0.1) is 0 Å². The van der Waals surface area contributed by atoms with Crippen LogP contribution in [0, 0.1) is 0 Å². The van der Waals surface area contributed by atoms with E-state index < -0.39 is 43.2 Å². The molecule has 0 radical (unpaired) electrons. The van der Waals surface area contributed by atoms with Crippen LogP contribution < -0.4 is 4.72 Å². The second-order valence-electron chi connectivity index (χ2n) is 4.86. The minimum absolute atomic E-state index is 0.240. The molecular formula is C14H7Cl3F3NO4S. The second-order valence-corrected chi connectivity index (χ2v) is 7.77. The molecule has 2 aromatic carbocycles. The summed E-state index contributed by atoms with van der Waals surface area (Å²) in [5.41, 5.74) is -2.15. The van der Waals surface area contributed by atoms with Crippen molar-refractivity contribution in [1.29, 1.82) is 0 Å². The van der Waals surface area contributed by atoms with Crippen LogP contribution in [0.5, 0.6) is 0 Å². The number of benzene rings is 2. The molecule has 0 unspecified atom stereocenters. The molecule has 0 aliphatic heterocycles. The molecule has 0 fully saturated rings. The number of carboxylic acid groups (broad SMARTS) is 1. The summed E-state index contributed by atoms with van der Waals surface area (Å²) < 4.78 is 65.3. The van der Waals surface area contributed by atoms with Crippen LogP contribution in [0.1, 0.15) is 15.9 Å². The first-order valence-electron chi connectivity index (χ1n) is 6.45. The van der Waals surface area contributed by atoms with Gasteiger partial charge in [0.05, 0.1) is 36.8 Å². The van der Waals surface area contributed by atoms with Gasteiger partial charge >= 0.3 is 12.1 Å². The van der Waals surface area contributed by atoms with E-state index in [0.717, 1.165) is 24.3 Å². The van der Waals surface area contributed by atoms with E-state index in [1.165, 1.54) is 0 Å². The molecule has 2 N–H and O–H groups in total. The number of aromatic carboxylic acids is 1. The standard InChI is InChI=1S/C14H7Cl3F3NO4S/c15-9-2-1-6(3-8(9)14(18,19)20)26(24,25)21-12-4-7(13(22)23)10(16)5-11(12)17/h1-5,21H,(H,22,23). The predicted octanol–water partition coefficient (Wildman–Crippen LogP) is 5.16. The first-order chi connectivity index (χ1) is 11.8. The van der Waals surface area contributed by atoms with Gasteiger partial charge in [0.2, 0.25) is 0 Å². The fourth-order valence-corrected chi connectivity index (χ4v) is 3.77. The highest BCUT2D eigenvalue weighted by Gasteiger charge is 2.34. The van der Waals surface area contributed by atoms with Crippen molar-refractivity contribution >= 4 is 56.5 Å². The van der Waals surface area contributed by atoms with Gasteiger partial charge in [-0.3, -0.25) is 4.72 Å². The number of alkyl halides is 3. The molecule has 12 heteroatoms. The fourth-order valence-electron chi connectivity index (χ4n) is 1.88. The highest BCUT2D eigenvalue weighted by Crippen LogP contribution is 2.37. The molecule has 0 spiro atoms. The molecular weight excluding hydrogens is 442 g/mol. The third-order valence-electron chi connectivity index (χ3n) is 3.08. The minimum atomic E-state index is -4.86. The molecule has 2 rings (SSSR count). The van der Waals surface area contributed by atoms with E-state index in [1.54, 1.807) is 0 Å². The molecule has 0 aromatic heterocycles. The monoisotopic (exact) mass is 447 g/mol. The number of sulfonamides is 1. The maximum atomic E-state index is 12.9. The molecule has 0 saturated carbocycles. The zero-order valence-electron chi connectivity index (χ0n) is 12.2. The summed E-state index contributed by atoms with van der Waals surface area (Å²) in [5.74, 6) is -1.45. The third-order valence-corrected chi connectivity index (χ3v) is 5.40. The van der Waals surface area contributed by atoms with Crippen LogP contribution in [0.15, 0.2) is 35.2 Å². The molecule has 0 bridgehead atoms.